The lowest BCUT2D eigenvalue weighted by Gasteiger charge is -2.22. The van der Waals surface area contributed by atoms with Gasteiger partial charge in [-0.05, 0) is 30.0 Å². The number of ether oxygens (including phenoxy) is 3. The van der Waals surface area contributed by atoms with Gasteiger partial charge in [-0.1, -0.05) is 19.0 Å². The van der Waals surface area contributed by atoms with Gasteiger partial charge in [-0.25, -0.2) is 4.98 Å². The van der Waals surface area contributed by atoms with Crippen LogP contribution in [0.2, 0.25) is 0 Å². The predicted octanol–water partition coefficient (Wildman–Crippen LogP) is 2.51. The van der Waals surface area contributed by atoms with Crippen molar-refractivity contribution in [1.82, 2.24) is 30.6 Å². The summed E-state index contributed by atoms with van der Waals surface area (Å²) in [6.07, 6.45) is 2.24. The molecule has 1 aliphatic heterocycles. The van der Waals surface area contributed by atoms with Gasteiger partial charge in [0.05, 0.1) is 13.2 Å². The van der Waals surface area contributed by atoms with E-state index in [2.05, 4.69) is 44.5 Å². The molecule has 0 amide bonds. The van der Waals surface area contributed by atoms with E-state index in [1.807, 2.05) is 12.1 Å². The number of rotatable bonds is 8. The van der Waals surface area contributed by atoms with Gasteiger partial charge in [0, 0.05) is 6.54 Å². The fraction of sp³-hybridized carbons (Fsp3) is 0.474. The normalized spacial score (nSPS) is 14.2. The maximum Gasteiger partial charge on any atom is 0.244 e. The van der Waals surface area contributed by atoms with Crippen LogP contribution in [0.25, 0.3) is 11.6 Å². The maximum absolute atomic E-state index is 5.72. The molecule has 1 atom stereocenters. The van der Waals surface area contributed by atoms with Crippen molar-refractivity contribution >= 4 is 0 Å². The van der Waals surface area contributed by atoms with Gasteiger partial charge in [-0.15, -0.1) is 0 Å². The molecule has 0 saturated heterocycles. The second-order valence-electron chi connectivity index (χ2n) is 7.18. The molecule has 3 heterocycles. The van der Waals surface area contributed by atoms with E-state index in [9.17, 15) is 0 Å². The summed E-state index contributed by atoms with van der Waals surface area (Å²) in [5, 5.41) is 14.1. The van der Waals surface area contributed by atoms with E-state index in [0.29, 0.717) is 60.5 Å². The Hall–Kier alpha value is -3.14. The van der Waals surface area contributed by atoms with Crippen LogP contribution >= 0.6 is 0 Å². The number of methoxy groups -OCH3 is 1. The molecular weight excluding hydrogens is 376 g/mol. The van der Waals surface area contributed by atoms with Gasteiger partial charge in [-0.3, -0.25) is 5.10 Å². The Morgan fingerprint density at radius 3 is 2.86 bits per heavy atom. The van der Waals surface area contributed by atoms with Gasteiger partial charge in [0.15, 0.2) is 17.3 Å². The fourth-order valence-electron chi connectivity index (χ4n) is 3.20. The Balaban J connectivity index is 1.52. The van der Waals surface area contributed by atoms with E-state index in [1.165, 1.54) is 6.33 Å². The molecule has 1 aliphatic rings. The lowest BCUT2D eigenvalue weighted by molar-refractivity contribution is 0.165. The van der Waals surface area contributed by atoms with Gasteiger partial charge in [0.25, 0.3) is 0 Å². The molecule has 2 aromatic heterocycles. The van der Waals surface area contributed by atoms with E-state index < -0.39 is 0 Å². The van der Waals surface area contributed by atoms with E-state index in [4.69, 9.17) is 18.7 Å². The molecule has 0 spiro atoms. The van der Waals surface area contributed by atoms with Crippen molar-refractivity contribution in [2.45, 2.75) is 32.9 Å². The molecule has 0 radical (unpaired) electrons. The van der Waals surface area contributed by atoms with Gasteiger partial charge in [0.1, 0.15) is 19.5 Å². The summed E-state index contributed by atoms with van der Waals surface area (Å²) in [6, 6.07) is 3.80. The number of hydrogen-bond donors (Lipinski definition) is 2. The van der Waals surface area contributed by atoms with Gasteiger partial charge >= 0.3 is 0 Å². The highest BCUT2D eigenvalue weighted by atomic mass is 16.6. The van der Waals surface area contributed by atoms with Crippen LogP contribution in [0.3, 0.4) is 0 Å². The number of nitrogens with zero attached hydrogens (tertiary/aromatic N) is 4. The second kappa shape index (κ2) is 8.48. The van der Waals surface area contributed by atoms with Crippen LogP contribution in [-0.4, -0.2) is 45.6 Å². The zero-order valence-electron chi connectivity index (χ0n) is 16.6. The van der Waals surface area contributed by atoms with Gasteiger partial charge in [-0.2, -0.15) is 10.1 Å². The molecule has 4 rings (SSSR count). The summed E-state index contributed by atoms with van der Waals surface area (Å²) in [5.41, 5.74) is 1.01. The van der Waals surface area contributed by atoms with Crippen molar-refractivity contribution in [3.63, 3.8) is 0 Å². The van der Waals surface area contributed by atoms with Crippen LogP contribution in [0, 0.1) is 5.92 Å². The topological polar surface area (TPSA) is 120 Å². The first-order valence-electron chi connectivity index (χ1n) is 9.53. The summed E-state index contributed by atoms with van der Waals surface area (Å²) in [6.45, 7) is 5.91. The number of aromatic nitrogens is 5. The zero-order valence-corrected chi connectivity index (χ0v) is 16.6. The molecule has 29 heavy (non-hydrogen) atoms. The quantitative estimate of drug-likeness (QED) is 0.587. The summed E-state index contributed by atoms with van der Waals surface area (Å²) >= 11 is 0. The molecule has 0 aliphatic carbocycles. The fourth-order valence-corrected chi connectivity index (χ4v) is 3.20. The first kappa shape index (κ1) is 19.2. The minimum absolute atomic E-state index is 0.113. The summed E-state index contributed by atoms with van der Waals surface area (Å²) in [5.74, 6) is 3.80. The van der Waals surface area contributed by atoms with Crippen molar-refractivity contribution < 1.29 is 18.7 Å². The molecule has 0 saturated carbocycles. The third-order valence-corrected chi connectivity index (χ3v) is 4.51. The number of aromatic amines is 1. The van der Waals surface area contributed by atoms with Crippen molar-refractivity contribution in [3.05, 3.63) is 29.9 Å². The van der Waals surface area contributed by atoms with Crippen LogP contribution in [0.5, 0.6) is 17.2 Å². The van der Waals surface area contributed by atoms with Gasteiger partial charge < -0.3 is 24.1 Å². The van der Waals surface area contributed by atoms with E-state index in [1.54, 1.807) is 7.11 Å². The number of nitrogens with one attached hydrogen (secondary N) is 2. The molecular formula is C19H24N6O4. The van der Waals surface area contributed by atoms with Gasteiger partial charge in [0.2, 0.25) is 17.5 Å². The van der Waals surface area contributed by atoms with Crippen LogP contribution in [0.4, 0.5) is 0 Å². The molecule has 0 fully saturated rings. The molecule has 0 bridgehead atoms. The largest absolute Gasteiger partial charge is 0.493 e. The monoisotopic (exact) mass is 400 g/mol. The Morgan fingerprint density at radius 1 is 1.24 bits per heavy atom. The standard InChI is InChI=1S/C19H24N6O4/c1-11(2)6-13(19-23-18(25-29-19)17-21-10-22-24-17)20-9-12-7-14(26-3)16-15(8-12)27-4-5-28-16/h7-8,10-11,13,20H,4-6,9H2,1-3H3,(H,21,22,24)/t13-/m1/s1. The highest BCUT2D eigenvalue weighted by Crippen LogP contribution is 2.40. The minimum atomic E-state index is -0.113. The molecule has 0 unspecified atom stereocenters. The van der Waals surface area contributed by atoms with E-state index >= 15 is 0 Å². The third-order valence-electron chi connectivity index (χ3n) is 4.51. The van der Waals surface area contributed by atoms with E-state index in [0.717, 1.165) is 12.0 Å². The molecule has 3 aromatic rings. The minimum Gasteiger partial charge on any atom is -0.493 e. The molecule has 154 valence electrons. The van der Waals surface area contributed by atoms with E-state index in [-0.39, 0.29) is 6.04 Å². The average Bonchev–Trinajstić information content (AvgIpc) is 3.41. The van der Waals surface area contributed by atoms with Crippen LogP contribution in [-0.2, 0) is 6.54 Å². The Kier molecular flexibility index (Phi) is 5.61. The first-order chi connectivity index (χ1) is 14.1. The smallest absolute Gasteiger partial charge is 0.244 e. The highest BCUT2D eigenvalue weighted by Gasteiger charge is 2.23. The van der Waals surface area contributed by atoms with Crippen molar-refractivity contribution in [3.8, 4) is 28.9 Å². The van der Waals surface area contributed by atoms with Crippen molar-refractivity contribution in [1.29, 1.82) is 0 Å². The summed E-state index contributed by atoms with van der Waals surface area (Å²) < 4.78 is 22.3. The Labute approximate surface area is 168 Å². The SMILES string of the molecule is COc1cc(CN[C@H](CC(C)C)c2nc(-c3ncn[nH]3)no2)cc2c1OCCO2. The summed E-state index contributed by atoms with van der Waals surface area (Å²) in [4.78, 5) is 8.54. The lowest BCUT2D eigenvalue weighted by atomic mass is 10.0. The number of fused-ring (bicyclic) bond motifs is 1. The lowest BCUT2D eigenvalue weighted by Crippen LogP contribution is -2.23. The molecule has 2 N–H and O–H groups in total. The second-order valence-corrected chi connectivity index (χ2v) is 7.18. The number of hydrogen-bond acceptors (Lipinski definition) is 9. The van der Waals surface area contributed by atoms with Crippen molar-refractivity contribution in [2.24, 2.45) is 5.92 Å². The summed E-state index contributed by atoms with van der Waals surface area (Å²) in [7, 11) is 1.62. The molecule has 10 heteroatoms. The maximum atomic E-state index is 5.72. The average molecular weight is 400 g/mol. The number of benzene rings is 1. The number of H-pyrrole nitrogens is 1. The van der Waals surface area contributed by atoms with Crippen LogP contribution in [0.15, 0.2) is 23.0 Å². The van der Waals surface area contributed by atoms with Crippen molar-refractivity contribution in [2.75, 3.05) is 20.3 Å². The zero-order chi connectivity index (χ0) is 20.2. The van der Waals surface area contributed by atoms with Crippen LogP contribution < -0.4 is 19.5 Å². The third kappa shape index (κ3) is 4.32. The molecule has 1 aromatic carbocycles. The highest BCUT2D eigenvalue weighted by molar-refractivity contribution is 5.54. The first-order valence-corrected chi connectivity index (χ1v) is 9.53. The Morgan fingerprint density at radius 2 is 2.10 bits per heavy atom. The Bertz CT molecular complexity index is 923. The predicted molar refractivity (Wildman–Crippen MR) is 103 cm³/mol. The molecule has 10 nitrogen and oxygen atoms in total. The van der Waals surface area contributed by atoms with Crippen LogP contribution in [0.1, 0.15) is 37.8 Å².